The van der Waals surface area contributed by atoms with Crippen LogP contribution in [0.25, 0.3) is 0 Å². The van der Waals surface area contributed by atoms with Crippen LogP contribution in [-0.4, -0.2) is 34.1 Å². The van der Waals surface area contributed by atoms with E-state index in [-0.39, 0.29) is 19.3 Å². The third kappa shape index (κ3) is 2.54. The Hall–Kier alpha value is -1.07. The van der Waals surface area contributed by atoms with Gasteiger partial charge in [0.05, 0.1) is 0 Å². The number of rotatable bonds is 7. The third-order valence-electron chi connectivity index (χ3n) is 2.65. The zero-order valence-electron chi connectivity index (χ0n) is 9.95. The van der Waals surface area contributed by atoms with Gasteiger partial charge in [0.25, 0.3) is 0 Å². The maximum Gasteiger partial charge on any atom is 0.167 e. The van der Waals surface area contributed by atoms with E-state index in [0.29, 0.717) is 0 Å². The SMILES string of the molecule is CCC(=O)C(O)C(N)(C(=O)CC)C(=O)CC. The molecule has 0 aliphatic rings. The molecule has 0 radical (unpaired) electrons. The fourth-order valence-electron chi connectivity index (χ4n) is 1.49. The first kappa shape index (κ1) is 14.9. The average molecular weight is 229 g/mol. The second kappa shape index (κ2) is 5.86. The van der Waals surface area contributed by atoms with Gasteiger partial charge in [-0.25, -0.2) is 0 Å². The predicted molar refractivity (Wildman–Crippen MR) is 58.8 cm³/mol. The molecule has 0 heterocycles. The summed E-state index contributed by atoms with van der Waals surface area (Å²) in [7, 11) is 0. The van der Waals surface area contributed by atoms with Crippen molar-refractivity contribution in [2.45, 2.75) is 51.7 Å². The van der Waals surface area contributed by atoms with Crippen LogP contribution in [0.3, 0.4) is 0 Å². The zero-order valence-corrected chi connectivity index (χ0v) is 9.95. The van der Waals surface area contributed by atoms with E-state index >= 15 is 0 Å². The first-order valence-electron chi connectivity index (χ1n) is 5.42. The summed E-state index contributed by atoms with van der Waals surface area (Å²) in [5.74, 6) is -1.80. The van der Waals surface area contributed by atoms with Crippen molar-refractivity contribution in [1.82, 2.24) is 0 Å². The Kier molecular flexibility index (Phi) is 5.47. The van der Waals surface area contributed by atoms with Gasteiger partial charge in [-0.3, -0.25) is 14.4 Å². The summed E-state index contributed by atoms with van der Waals surface area (Å²) in [6.07, 6.45) is -1.68. The van der Waals surface area contributed by atoms with E-state index in [1.54, 1.807) is 6.92 Å². The van der Waals surface area contributed by atoms with Gasteiger partial charge < -0.3 is 10.8 Å². The smallest absolute Gasteiger partial charge is 0.167 e. The number of ketones is 3. The standard InChI is InChI=1S/C11H19NO4/c1-4-7(13)10(16)11(12,8(14)5-2)9(15)6-3/h10,16H,4-6,12H2,1-3H3. The van der Waals surface area contributed by atoms with Crippen molar-refractivity contribution in [3.8, 4) is 0 Å². The molecule has 16 heavy (non-hydrogen) atoms. The summed E-state index contributed by atoms with van der Waals surface area (Å²) in [5.41, 5.74) is 3.58. The van der Waals surface area contributed by atoms with Gasteiger partial charge in [-0.2, -0.15) is 0 Å². The molecule has 0 spiro atoms. The van der Waals surface area contributed by atoms with E-state index < -0.39 is 29.0 Å². The Morgan fingerprint density at radius 2 is 1.44 bits per heavy atom. The predicted octanol–water partition coefficient (Wildman–Crippen LogP) is -0.0179. The molecule has 0 aromatic rings. The summed E-state index contributed by atoms with van der Waals surface area (Å²) in [5, 5.41) is 9.72. The van der Waals surface area contributed by atoms with Crippen LogP contribution < -0.4 is 5.73 Å². The minimum absolute atomic E-state index is 0.0102. The normalized spacial score (nSPS) is 13.3. The Bertz CT molecular complexity index is 282. The molecule has 0 aromatic heterocycles. The van der Waals surface area contributed by atoms with E-state index in [4.69, 9.17) is 5.73 Å². The Labute approximate surface area is 95.0 Å². The highest BCUT2D eigenvalue weighted by Gasteiger charge is 2.48. The van der Waals surface area contributed by atoms with E-state index in [1.165, 1.54) is 13.8 Å². The van der Waals surface area contributed by atoms with Crippen LogP contribution in [0.5, 0.6) is 0 Å². The topological polar surface area (TPSA) is 97.5 Å². The first-order chi connectivity index (χ1) is 7.35. The molecule has 3 N–H and O–H groups in total. The van der Waals surface area contributed by atoms with Crippen molar-refractivity contribution in [2.24, 2.45) is 5.73 Å². The van der Waals surface area contributed by atoms with Crippen molar-refractivity contribution in [3.63, 3.8) is 0 Å². The van der Waals surface area contributed by atoms with E-state index in [1.807, 2.05) is 0 Å². The molecular formula is C11H19NO4. The molecule has 0 aliphatic carbocycles. The summed E-state index contributed by atoms with van der Waals surface area (Å²) in [4.78, 5) is 34.6. The Balaban J connectivity index is 5.31. The second-order valence-corrected chi connectivity index (χ2v) is 3.64. The molecule has 0 bridgehead atoms. The monoisotopic (exact) mass is 229 g/mol. The van der Waals surface area contributed by atoms with Gasteiger partial charge in [0.15, 0.2) is 22.9 Å². The molecule has 1 unspecified atom stereocenters. The quantitative estimate of drug-likeness (QED) is 0.598. The van der Waals surface area contributed by atoms with Crippen molar-refractivity contribution >= 4 is 17.3 Å². The number of nitrogens with two attached hydrogens (primary N) is 1. The summed E-state index contributed by atoms with van der Waals surface area (Å²) < 4.78 is 0. The summed E-state index contributed by atoms with van der Waals surface area (Å²) >= 11 is 0. The minimum Gasteiger partial charge on any atom is -0.382 e. The van der Waals surface area contributed by atoms with Gasteiger partial charge in [0.2, 0.25) is 0 Å². The highest BCUT2D eigenvalue weighted by atomic mass is 16.3. The zero-order chi connectivity index (χ0) is 12.9. The number of hydrogen-bond acceptors (Lipinski definition) is 5. The summed E-state index contributed by atoms with van der Waals surface area (Å²) in [6, 6.07) is 0. The number of aliphatic hydroxyl groups excluding tert-OH is 1. The van der Waals surface area contributed by atoms with Crippen LogP contribution in [0.1, 0.15) is 40.0 Å². The molecule has 92 valence electrons. The number of Topliss-reactive ketones (excluding diaryl/α,β-unsaturated/α-hetero) is 3. The Morgan fingerprint density at radius 1 is 1.06 bits per heavy atom. The molecule has 0 saturated heterocycles. The molecule has 0 rings (SSSR count). The lowest BCUT2D eigenvalue weighted by atomic mass is 9.80. The number of carbonyl (C=O) groups is 3. The summed E-state index contributed by atoms with van der Waals surface area (Å²) in [6.45, 7) is 4.62. The Morgan fingerprint density at radius 3 is 1.69 bits per heavy atom. The number of carbonyl (C=O) groups excluding carboxylic acids is 3. The lowest BCUT2D eigenvalue weighted by Crippen LogP contribution is -2.65. The van der Waals surface area contributed by atoms with Gasteiger partial charge in [-0.05, 0) is 0 Å². The van der Waals surface area contributed by atoms with E-state index in [0.717, 1.165) is 0 Å². The number of aliphatic hydroxyl groups is 1. The van der Waals surface area contributed by atoms with Gasteiger partial charge in [-0.15, -0.1) is 0 Å². The molecule has 0 amide bonds. The molecule has 5 heteroatoms. The van der Waals surface area contributed by atoms with Crippen LogP contribution >= 0.6 is 0 Å². The van der Waals surface area contributed by atoms with Gasteiger partial charge in [-0.1, -0.05) is 20.8 Å². The van der Waals surface area contributed by atoms with Gasteiger partial charge in [0, 0.05) is 19.3 Å². The maximum atomic E-state index is 11.6. The minimum atomic E-state index is -2.07. The van der Waals surface area contributed by atoms with Crippen molar-refractivity contribution in [2.75, 3.05) is 0 Å². The van der Waals surface area contributed by atoms with Crippen LogP contribution in [0.4, 0.5) is 0 Å². The highest BCUT2D eigenvalue weighted by molar-refractivity contribution is 6.15. The molecular weight excluding hydrogens is 210 g/mol. The molecule has 0 aliphatic heterocycles. The molecule has 0 aromatic carbocycles. The van der Waals surface area contributed by atoms with Gasteiger partial charge >= 0.3 is 0 Å². The van der Waals surface area contributed by atoms with Crippen LogP contribution in [0, 0.1) is 0 Å². The van der Waals surface area contributed by atoms with E-state index in [9.17, 15) is 19.5 Å². The fourth-order valence-corrected chi connectivity index (χ4v) is 1.49. The van der Waals surface area contributed by atoms with Crippen LogP contribution in [0.15, 0.2) is 0 Å². The molecule has 1 atom stereocenters. The first-order valence-corrected chi connectivity index (χ1v) is 5.42. The van der Waals surface area contributed by atoms with Crippen molar-refractivity contribution < 1.29 is 19.5 Å². The largest absolute Gasteiger partial charge is 0.382 e. The highest BCUT2D eigenvalue weighted by Crippen LogP contribution is 2.16. The second-order valence-electron chi connectivity index (χ2n) is 3.64. The van der Waals surface area contributed by atoms with Crippen molar-refractivity contribution in [1.29, 1.82) is 0 Å². The molecule has 0 saturated carbocycles. The molecule has 5 nitrogen and oxygen atoms in total. The van der Waals surface area contributed by atoms with Crippen molar-refractivity contribution in [3.05, 3.63) is 0 Å². The molecule has 0 fully saturated rings. The van der Waals surface area contributed by atoms with E-state index in [2.05, 4.69) is 0 Å². The third-order valence-corrected chi connectivity index (χ3v) is 2.65. The average Bonchev–Trinajstić information content (AvgIpc) is 2.33. The van der Waals surface area contributed by atoms with Gasteiger partial charge in [0.1, 0.15) is 6.10 Å². The van der Waals surface area contributed by atoms with Crippen LogP contribution in [0.2, 0.25) is 0 Å². The fraction of sp³-hybridized carbons (Fsp3) is 0.727. The lowest BCUT2D eigenvalue weighted by molar-refractivity contribution is -0.147. The maximum absolute atomic E-state index is 11.6. The van der Waals surface area contributed by atoms with Crippen LogP contribution in [-0.2, 0) is 14.4 Å². The number of hydrogen-bond donors (Lipinski definition) is 2. The lowest BCUT2D eigenvalue weighted by Gasteiger charge is -2.29.